The summed E-state index contributed by atoms with van der Waals surface area (Å²) >= 11 is 0. The molecule has 5 heteroatoms. The molecule has 2 fully saturated rings. The smallest absolute Gasteiger partial charge is 0.289 e. The van der Waals surface area contributed by atoms with E-state index in [9.17, 15) is 4.79 Å². The van der Waals surface area contributed by atoms with Gasteiger partial charge in [-0.25, -0.2) is 0 Å². The highest BCUT2D eigenvalue weighted by atomic mass is 16.5. The van der Waals surface area contributed by atoms with Gasteiger partial charge in [0.05, 0.1) is 18.8 Å². The molecule has 1 saturated heterocycles. The molecule has 3 atom stereocenters. The summed E-state index contributed by atoms with van der Waals surface area (Å²) in [5.74, 6) is 1.14. The van der Waals surface area contributed by atoms with E-state index >= 15 is 0 Å². The van der Waals surface area contributed by atoms with Crippen LogP contribution in [0.3, 0.4) is 0 Å². The van der Waals surface area contributed by atoms with Crippen molar-refractivity contribution in [2.75, 3.05) is 20.3 Å². The molecule has 1 amide bonds. The van der Waals surface area contributed by atoms with E-state index in [1.807, 2.05) is 17.9 Å². The third-order valence-corrected chi connectivity index (χ3v) is 4.05. The number of carbonyl (C=O) groups excluding carboxylic acids is 1. The molecule has 19 heavy (non-hydrogen) atoms. The van der Waals surface area contributed by atoms with E-state index < -0.39 is 0 Å². The van der Waals surface area contributed by atoms with Gasteiger partial charge in [-0.05, 0) is 31.9 Å². The van der Waals surface area contributed by atoms with Crippen molar-refractivity contribution in [3.8, 4) is 0 Å². The Morgan fingerprint density at radius 1 is 1.42 bits per heavy atom. The lowest BCUT2D eigenvalue weighted by atomic mass is 10.1. The molecule has 2 heterocycles. The van der Waals surface area contributed by atoms with Crippen molar-refractivity contribution in [3.63, 3.8) is 0 Å². The Kier molecular flexibility index (Phi) is 3.33. The van der Waals surface area contributed by atoms with Gasteiger partial charge in [0.1, 0.15) is 11.9 Å². The van der Waals surface area contributed by atoms with E-state index in [-0.39, 0.29) is 24.2 Å². The number of furan rings is 1. The Morgan fingerprint density at radius 2 is 2.26 bits per heavy atom. The number of aryl methyl sites for hydroxylation is 1. The van der Waals surface area contributed by atoms with E-state index in [4.69, 9.17) is 13.9 Å². The van der Waals surface area contributed by atoms with Crippen LogP contribution in [0, 0.1) is 6.92 Å². The molecule has 1 aliphatic heterocycles. The molecule has 0 N–H and O–H groups in total. The highest BCUT2D eigenvalue weighted by Gasteiger charge is 2.45. The van der Waals surface area contributed by atoms with Gasteiger partial charge in [0.2, 0.25) is 0 Å². The molecule has 0 bridgehead atoms. The summed E-state index contributed by atoms with van der Waals surface area (Å²) in [6, 6.07) is 3.67. The van der Waals surface area contributed by atoms with Crippen LogP contribution in [0.25, 0.3) is 0 Å². The van der Waals surface area contributed by atoms with Gasteiger partial charge >= 0.3 is 0 Å². The number of nitrogens with zero attached hydrogens (tertiary/aromatic N) is 1. The Morgan fingerprint density at radius 3 is 2.95 bits per heavy atom. The summed E-state index contributed by atoms with van der Waals surface area (Å²) in [5.41, 5.74) is 0. The third kappa shape index (κ3) is 2.17. The minimum Gasteiger partial charge on any atom is -0.456 e. The first-order valence-corrected chi connectivity index (χ1v) is 6.72. The van der Waals surface area contributed by atoms with Gasteiger partial charge in [0.15, 0.2) is 5.76 Å². The van der Waals surface area contributed by atoms with Crippen LogP contribution in [0.4, 0.5) is 0 Å². The van der Waals surface area contributed by atoms with Gasteiger partial charge in [0.25, 0.3) is 5.91 Å². The van der Waals surface area contributed by atoms with E-state index in [1.165, 1.54) is 0 Å². The fourth-order valence-electron chi connectivity index (χ4n) is 3.11. The maximum atomic E-state index is 12.5. The molecule has 5 nitrogen and oxygen atoms in total. The fraction of sp³-hybridized carbons (Fsp3) is 0.643. The van der Waals surface area contributed by atoms with Gasteiger partial charge in [-0.2, -0.15) is 0 Å². The zero-order chi connectivity index (χ0) is 13.4. The standard InChI is InChI=1S/C14H19NO4/c1-9-3-5-12(19-9)14(16)15-7-8-18-13-10(15)4-6-11(13)17-2/h3,5,10-11,13H,4,6-8H2,1-2H3/t10-,11+,13+/m1/s1. The molecule has 1 aromatic heterocycles. The predicted octanol–water partition coefficient (Wildman–Crippen LogP) is 1.61. The summed E-state index contributed by atoms with van der Waals surface area (Å²) in [6.45, 7) is 3.03. The molecule has 104 valence electrons. The molecule has 0 aromatic carbocycles. The Hall–Kier alpha value is -1.33. The second-order valence-corrected chi connectivity index (χ2v) is 5.16. The molecule has 2 aliphatic rings. The van der Waals surface area contributed by atoms with Crippen molar-refractivity contribution in [2.24, 2.45) is 0 Å². The predicted molar refractivity (Wildman–Crippen MR) is 68.0 cm³/mol. The summed E-state index contributed by atoms with van der Waals surface area (Å²) in [4.78, 5) is 14.4. The Balaban J connectivity index is 1.79. The Bertz CT molecular complexity index is 470. The topological polar surface area (TPSA) is 51.9 Å². The van der Waals surface area contributed by atoms with Crippen LogP contribution >= 0.6 is 0 Å². The monoisotopic (exact) mass is 265 g/mol. The second kappa shape index (κ2) is 4.98. The van der Waals surface area contributed by atoms with Crippen LogP contribution in [0.1, 0.15) is 29.2 Å². The van der Waals surface area contributed by atoms with E-state index in [0.717, 1.165) is 18.6 Å². The molecule has 1 saturated carbocycles. The van der Waals surface area contributed by atoms with Crippen molar-refractivity contribution < 1.29 is 18.7 Å². The summed E-state index contributed by atoms with van der Waals surface area (Å²) in [5, 5.41) is 0. The van der Waals surface area contributed by atoms with Gasteiger partial charge < -0.3 is 18.8 Å². The number of hydrogen-bond acceptors (Lipinski definition) is 4. The van der Waals surface area contributed by atoms with Crippen molar-refractivity contribution in [1.82, 2.24) is 4.90 Å². The number of fused-ring (bicyclic) bond motifs is 1. The second-order valence-electron chi connectivity index (χ2n) is 5.16. The lowest BCUT2D eigenvalue weighted by molar-refractivity contribution is -0.0950. The maximum Gasteiger partial charge on any atom is 0.289 e. The number of ether oxygens (including phenoxy) is 2. The number of carbonyl (C=O) groups is 1. The van der Waals surface area contributed by atoms with Gasteiger partial charge in [-0.3, -0.25) is 4.79 Å². The van der Waals surface area contributed by atoms with E-state index in [2.05, 4.69) is 0 Å². The lowest BCUT2D eigenvalue weighted by Gasteiger charge is -2.38. The molecular weight excluding hydrogens is 246 g/mol. The average Bonchev–Trinajstić information content (AvgIpc) is 3.03. The first kappa shape index (κ1) is 12.7. The quantitative estimate of drug-likeness (QED) is 0.815. The summed E-state index contributed by atoms with van der Waals surface area (Å²) in [6.07, 6.45) is 1.96. The van der Waals surface area contributed by atoms with Crippen molar-refractivity contribution in [1.29, 1.82) is 0 Å². The first-order valence-electron chi connectivity index (χ1n) is 6.72. The van der Waals surface area contributed by atoms with Crippen LogP contribution < -0.4 is 0 Å². The molecule has 1 aliphatic carbocycles. The van der Waals surface area contributed by atoms with Crippen molar-refractivity contribution in [2.45, 2.75) is 38.0 Å². The van der Waals surface area contributed by atoms with Gasteiger partial charge in [-0.15, -0.1) is 0 Å². The van der Waals surface area contributed by atoms with Crippen LogP contribution in [-0.4, -0.2) is 49.3 Å². The normalized spacial score (nSPS) is 30.4. The first-order chi connectivity index (χ1) is 9.20. The van der Waals surface area contributed by atoms with Crippen LogP contribution in [0.5, 0.6) is 0 Å². The Labute approximate surface area is 112 Å². The van der Waals surface area contributed by atoms with Crippen LogP contribution in [0.2, 0.25) is 0 Å². The van der Waals surface area contributed by atoms with Crippen molar-refractivity contribution >= 4 is 5.91 Å². The van der Waals surface area contributed by atoms with E-state index in [1.54, 1.807) is 13.2 Å². The molecular formula is C14H19NO4. The SMILES string of the molecule is CO[C@H]1CC[C@@H]2[C@@H]1OCCN2C(=O)c1ccc(C)o1. The highest BCUT2D eigenvalue weighted by Crippen LogP contribution is 2.32. The number of rotatable bonds is 2. The lowest BCUT2D eigenvalue weighted by Crippen LogP contribution is -2.53. The fourth-order valence-corrected chi connectivity index (χ4v) is 3.11. The highest BCUT2D eigenvalue weighted by molar-refractivity contribution is 5.92. The third-order valence-electron chi connectivity index (χ3n) is 4.05. The summed E-state index contributed by atoms with van der Waals surface area (Å²) < 4.78 is 16.6. The molecule has 0 radical (unpaired) electrons. The number of amides is 1. The largest absolute Gasteiger partial charge is 0.456 e. The molecule has 0 unspecified atom stereocenters. The minimum absolute atomic E-state index is 0.00115. The van der Waals surface area contributed by atoms with E-state index in [0.29, 0.717) is 18.9 Å². The van der Waals surface area contributed by atoms with Crippen LogP contribution in [-0.2, 0) is 9.47 Å². The van der Waals surface area contributed by atoms with Gasteiger partial charge in [0, 0.05) is 13.7 Å². The number of hydrogen-bond donors (Lipinski definition) is 0. The van der Waals surface area contributed by atoms with Crippen molar-refractivity contribution in [3.05, 3.63) is 23.7 Å². The average molecular weight is 265 g/mol. The van der Waals surface area contributed by atoms with Crippen LogP contribution in [0.15, 0.2) is 16.5 Å². The maximum absolute atomic E-state index is 12.5. The molecule has 3 rings (SSSR count). The minimum atomic E-state index is -0.0387. The number of methoxy groups -OCH3 is 1. The molecule has 0 spiro atoms. The molecule has 1 aromatic rings. The zero-order valence-electron chi connectivity index (χ0n) is 11.3. The number of morpholine rings is 1. The zero-order valence-corrected chi connectivity index (χ0v) is 11.3. The summed E-state index contributed by atoms with van der Waals surface area (Å²) in [7, 11) is 1.70. The van der Waals surface area contributed by atoms with Gasteiger partial charge in [-0.1, -0.05) is 0 Å².